The fourth-order valence-corrected chi connectivity index (χ4v) is 2.28. The van der Waals surface area contributed by atoms with Crippen LogP contribution in [0.1, 0.15) is 15.4 Å². The molecule has 1 aromatic carbocycles. The van der Waals surface area contributed by atoms with Crippen molar-refractivity contribution in [2.24, 2.45) is 5.73 Å². The number of hydrogen-bond acceptors (Lipinski definition) is 5. The number of carbonyl (C=O) groups excluding carboxylic acids is 1. The summed E-state index contributed by atoms with van der Waals surface area (Å²) in [6.07, 6.45) is 0. The molecule has 0 aliphatic carbocycles. The zero-order chi connectivity index (χ0) is 14.5. The van der Waals surface area contributed by atoms with Crippen molar-refractivity contribution < 1.29 is 9.53 Å². The Morgan fingerprint density at radius 2 is 2.35 bits per heavy atom. The molecule has 0 bridgehead atoms. The van der Waals surface area contributed by atoms with Gasteiger partial charge in [-0.05, 0) is 19.1 Å². The summed E-state index contributed by atoms with van der Waals surface area (Å²) < 4.78 is 5.38. The Balaban J connectivity index is 2.06. The fraction of sp³-hybridized carbons (Fsp3) is 0.154. The van der Waals surface area contributed by atoms with E-state index in [4.69, 9.17) is 22.7 Å². The van der Waals surface area contributed by atoms with E-state index in [1.807, 2.05) is 0 Å². The van der Waals surface area contributed by atoms with E-state index in [1.54, 1.807) is 36.7 Å². The fourth-order valence-electron chi connectivity index (χ4n) is 1.53. The second-order valence-corrected chi connectivity index (χ2v) is 5.38. The molecule has 1 heterocycles. The van der Waals surface area contributed by atoms with Gasteiger partial charge in [0.2, 0.25) is 0 Å². The highest BCUT2D eigenvalue weighted by molar-refractivity contribution is 7.80. The number of carbonyl (C=O) groups is 1. The first-order valence-electron chi connectivity index (χ1n) is 5.79. The molecule has 0 radical (unpaired) electrons. The number of benzene rings is 1. The molecule has 0 fully saturated rings. The highest BCUT2D eigenvalue weighted by atomic mass is 32.1. The van der Waals surface area contributed by atoms with Crippen LogP contribution in [0.25, 0.3) is 0 Å². The summed E-state index contributed by atoms with van der Waals surface area (Å²) in [6.45, 7) is 1.97. The van der Waals surface area contributed by atoms with E-state index in [-0.39, 0.29) is 17.5 Å². The molecule has 20 heavy (non-hydrogen) atoms. The number of ether oxygens (including phenoxy) is 1. The van der Waals surface area contributed by atoms with Crippen LogP contribution in [0.3, 0.4) is 0 Å². The standard InChI is InChI=1S/C13H13N3O2S2/c1-8-12(20-7-15-8)13(17)16-9-3-2-4-10(5-9)18-6-11(14)19/h2-5,7H,6H2,1H3,(H2,14,19)(H,16,17). The monoisotopic (exact) mass is 307 g/mol. The lowest BCUT2D eigenvalue weighted by Crippen LogP contribution is -2.18. The van der Waals surface area contributed by atoms with Crippen LogP contribution in [0.4, 0.5) is 5.69 Å². The zero-order valence-corrected chi connectivity index (χ0v) is 12.4. The highest BCUT2D eigenvalue weighted by Crippen LogP contribution is 2.19. The molecule has 0 atom stereocenters. The first kappa shape index (κ1) is 14.4. The molecule has 5 nitrogen and oxygen atoms in total. The van der Waals surface area contributed by atoms with E-state index in [9.17, 15) is 4.79 Å². The van der Waals surface area contributed by atoms with Gasteiger partial charge in [-0.25, -0.2) is 4.98 Å². The molecule has 1 amide bonds. The Morgan fingerprint density at radius 1 is 1.55 bits per heavy atom. The smallest absolute Gasteiger partial charge is 0.267 e. The van der Waals surface area contributed by atoms with Gasteiger partial charge in [0, 0.05) is 11.8 Å². The summed E-state index contributed by atoms with van der Waals surface area (Å²) in [5.41, 5.74) is 8.37. The third-order valence-electron chi connectivity index (χ3n) is 2.42. The van der Waals surface area contributed by atoms with Crippen LogP contribution in [0.2, 0.25) is 0 Å². The number of anilines is 1. The number of hydrogen-bond donors (Lipinski definition) is 2. The Morgan fingerprint density at radius 3 is 3.00 bits per heavy atom. The van der Waals surface area contributed by atoms with Crippen molar-refractivity contribution in [3.8, 4) is 5.75 Å². The van der Waals surface area contributed by atoms with Crippen LogP contribution in [-0.4, -0.2) is 22.5 Å². The van der Waals surface area contributed by atoms with Gasteiger partial charge in [-0.2, -0.15) is 0 Å². The first-order valence-corrected chi connectivity index (χ1v) is 7.07. The molecular weight excluding hydrogens is 294 g/mol. The van der Waals surface area contributed by atoms with E-state index in [1.165, 1.54) is 11.3 Å². The first-order chi connectivity index (χ1) is 9.56. The molecule has 0 saturated heterocycles. The average molecular weight is 307 g/mol. The maximum atomic E-state index is 12.1. The van der Waals surface area contributed by atoms with Crippen LogP contribution in [0.15, 0.2) is 29.8 Å². The molecule has 0 saturated carbocycles. The molecule has 0 spiro atoms. The number of nitrogens with one attached hydrogen (secondary N) is 1. The lowest BCUT2D eigenvalue weighted by atomic mass is 10.3. The zero-order valence-electron chi connectivity index (χ0n) is 10.8. The van der Waals surface area contributed by atoms with E-state index < -0.39 is 0 Å². The molecule has 104 valence electrons. The second-order valence-electron chi connectivity index (χ2n) is 4.00. The summed E-state index contributed by atoms with van der Waals surface area (Å²) in [4.78, 5) is 17.0. The van der Waals surface area contributed by atoms with Crippen molar-refractivity contribution in [1.29, 1.82) is 0 Å². The van der Waals surface area contributed by atoms with Gasteiger partial charge in [-0.15, -0.1) is 11.3 Å². The van der Waals surface area contributed by atoms with Crippen LogP contribution in [-0.2, 0) is 0 Å². The van der Waals surface area contributed by atoms with E-state index in [0.717, 1.165) is 0 Å². The normalized spacial score (nSPS) is 10.1. The highest BCUT2D eigenvalue weighted by Gasteiger charge is 2.12. The van der Waals surface area contributed by atoms with Crippen molar-refractivity contribution in [3.05, 3.63) is 40.3 Å². The van der Waals surface area contributed by atoms with Crippen molar-refractivity contribution in [1.82, 2.24) is 4.98 Å². The largest absolute Gasteiger partial charge is 0.486 e. The van der Waals surface area contributed by atoms with Crippen LogP contribution in [0.5, 0.6) is 5.75 Å². The number of aryl methyl sites for hydroxylation is 1. The molecular formula is C13H13N3O2S2. The molecule has 2 aromatic rings. The topological polar surface area (TPSA) is 77.2 Å². The van der Waals surface area contributed by atoms with Gasteiger partial charge in [-0.3, -0.25) is 4.79 Å². The summed E-state index contributed by atoms with van der Waals surface area (Å²) in [5, 5.41) is 2.80. The predicted octanol–water partition coefficient (Wildman–Crippen LogP) is 2.37. The number of aromatic nitrogens is 1. The van der Waals surface area contributed by atoms with Crippen molar-refractivity contribution in [2.45, 2.75) is 6.92 Å². The van der Waals surface area contributed by atoms with Gasteiger partial charge in [-0.1, -0.05) is 18.3 Å². The Labute approximate surface area is 125 Å². The molecule has 7 heteroatoms. The summed E-state index contributed by atoms with van der Waals surface area (Å²) in [5.74, 6) is 0.410. The lowest BCUT2D eigenvalue weighted by molar-refractivity contribution is 0.103. The molecule has 1 aromatic heterocycles. The van der Waals surface area contributed by atoms with Crippen molar-refractivity contribution >= 4 is 40.1 Å². The maximum absolute atomic E-state index is 12.1. The van der Waals surface area contributed by atoms with Crippen LogP contribution >= 0.6 is 23.6 Å². The third-order valence-corrected chi connectivity index (χ3v) is 3.47. The van der Waals surface area contributed by atoms with Crippen molar-refractivity contribution in [2.75, 3.05) is 11.9 Å². The lowest BCUT2D eigenvalue weighted by Gasteiger charge is -2.08. The minimum atomic E-state index is -0.184. The number of nitrogens with zero attached hydrogens (tertiary/aromatic N) is 1. The maximum Gasteiger partial charge on any atom is 0.267 e. The van der Waals surface area contributed by atoms with Gasteiger partial charge >= 0.3 is 0 Å². The molecule has 0 aliphatic rings. The molecule has 2 rings (SSSR count). The Kier molecular flexibility index (Phi) is 4.65. The minimum absolute atomic E-state index is 0.167. The summed E-state index contributed by atoms with van der Waals surface area (Å²) in [7, 11) is 0. The predicted molar refractivity (Wildman–Crippen MR) is 83.5 cm³/mol. The Bertz CT molecular complexity index is 640. The van der Waals surface area contributed by atoms with Gasteiger partial charge in [0.05, 0.1) is 11.2 Å². The van der Waals surface area contributed by atoms with Crippen LogP contribution in [0, 0.1) is 6.92 Å². The van der Waals surface area contributed by atoms with E-state index >= 15 is 0 Å². The van der Waals surface area contributed by atoms with Gasteiger partial charge in [0.1, 0.15) is 22.2 Å². The van der Waals surface area contributed by atoms with Gasteiger partial charge in [0.25, 0.3) is 5.91 Å². The summed E-state index contributed by atoms with van der Waals surface area (Å²) >= 11 is 6.05. The SMILES string of the molecule is Cc1ncsc1C(=O)Nc1cccc(OCC(N)=S)c1. The van der Waals surface area contributed by atoms with Gasteiger partial charge < -0.3 is 15.8 Å². The number of thiazole rings is 1. The molecule has 0 aliphatic heterocycles. The molecule has 3 N–H and O–H groups in total. The number of amides is 1. The van der Waals surface area contributed by atoms with Crippen molar-refractivity contribution in [3.63, 3.8) is 0 Å². The average Bonchev–Trinajstić information content (AvgIpc) is 2.83. The quantitative estimate of drug-likeness (QED) is 0.829. The van der Waals surface area contributed by atoms with Crippen LogP contribution < -0.4 is 15.8 Å². The number of rotatable bonds is 5. The second kappa shape index (κ2) is 6.44. The van der Waals surface area contributed by atoms with E-state index in [0.29, 0.717) is 22.0 Å². The number of thiocarbonyl (C=S) groups is 1. The Hall–Kier alpha value is -1.99. The van der Waals surface area contributed by atoms with E-state index in [2.05, 4.69) is 10.3 Å². The number of nitrogens with two attached hydrogens (primary N) is 1. The third kappa shape index (κ3) is 3.75. The summed E-state index contributed by atoms with van der Waals surface area (Å²) in [6, 6.07) is 7.05. The minimum Gasteiger partial charge on any atom is -0.486 e. The molecule has 0 unspecified atom stereocenters. The van der Waals surface area contributed by atoms with Gasteiger partial charge in [0.15, 0.2) is 0 Å².